The molecule has 1 N–H and O–H groups in total. The molecule has 1 unspecified atom stereocenters. The molecule has 1 rings (SSSR count). The molecule has 1 atom stereocenters. The third-order valence-electron chi connectivity index (χ3n) is 3.36. The summed E-state index contributed by atoms with van der Waals surface area (Å²) in [5.41, 5.74) is 3.56. The van der Waals surface area contributed by atoms with Gasteiger partial charge in [-0.05, 0) is 41.9 Å². The van der Waals surface area contributed by atoms with Crippen LogP contribution in [0.4, 0.5) is 0 Å². The van der Waals surface area contributed by atoms with Crippen molar-refractivity contribution in [3.8, 4) is 0 Å². The van der Waals surface area contributed by atoms with Crippen molar-refractivity contribution in [1.29, 1.82) is 0 Å². The molecule has 2 nitrogen and oxygen atoms in total. The quantitative estimate of drug-likeness (QED) is 0.861. The van der Waals surface area contributed by atoms with Crippen LogP contribution in [0.25, 0.3) is 0 Å². The Balaban J connectivity index is 3.13. The van der Waals surface area contributed by atoms with Crippen LogP contribution < -0.4 is 0 Å². The first-order chi connectivity index (χ1) is 7.71. The molecule has 0 aliphatic heterocycles. The summed E-state index contributed by atoms with van der Waals surface area (Å²) in [6, 6.07) is 6.25. The Hall–Kier alpha value is -1.31. The van der Waals surface area contributed by atoms with Crippen LogP contribution in [0.5, 0.6) is 0 Å². The zero-order valence-corrected chi connectivity index (χ0v) is 11.4. The Kier molecular flexibility index (Phi) is 3.97. The number of hydrogen-bond acceptors (Lipinski definition) is 1. The summed E-state index contributed by atoms with van der Waals surface area (Å²) in [4.78, 5) is 11.0. The molecule has 0 amide bonds. The van der Waals surface area contributed by atoms with Crippen molar-refractivity contribution in [2.24, 2.45) is 5.41 Å². The molecule has 0 heterocycles. The molecule has 0 fully saturated rings. The maximum atomic E-state index is 11.0. The maximum Gasteiger partial charge on any atom is 0.303 e. The first kappa shape index (κ1) is 13.8. The summed E-state index contributed by atoms with van der Waals surface area (Å²) in [7, 11) is 0. The van der Waals surface area contributed by atoms with Gasteiger partial charge < -0.3 is 5.11 Å². The van der Waals surface area contributed by atoms with E-state index in [1.54, 1.807) is 0 Å². The van der Waals surface area contributed by atoms with Gasteiger partial charge in [0, 0.05) is 0 Å². The number of aliphatic carboxylic acids is 1. The predicted octanol–water partition coefficient (Wildman–Crippen LogP) is 3.91. The van der Waals surface area contributed by atoms with Crippen molar-refractivity contribution in [1.82, 2.24) is 0 Å². The van der Waals surface area contributed by atoms with Gasteiger partial charge in [-0.2, -0.15) is 0 Å². The van der Waals surface area contributed by atoms with Crippen LogP contribution in [-0.4, -0.2) is 11.1 Å². The van der Waals surface area contributed by atoms with Gasteiger partial charge in [0.05, 0.1) is 6.42 Å². The highest BCUT2D eigenvalue weighted by molar-refractivity contribution is 5.68. The molecule has 0 aromatic heterocycles. The summed E-state index contributed by atoms with van der Waals surface area (Å²) in [5, 5.41) is 9.03. The highest BCUT2D eigenvalue weighted by Crippen LogP contribution is 2.38. The van der Waals surface area contributed by atoms with Crippen molar-refractivity contribution in [2.45, 2.75) is 47.0 Å². The average molecular weight is 234 g/mol. The van der Waals surface area contributed by atoms with Gasteiger partial charge in [-0.15, -0.1) is 0 Å². The number of aryl methyl sites for hydroxylation is 2. The zero-order chi connectivity index (χ0) is 13.2. The Bertz CT molecular complexity index is 413. The SMILES string of the molecule is Cc1ccc(C(CC(=O)O)C(C)(C)C)cc1C. The number of carboxylic acid groups (broad SMARTS) is 1. The molecule has 1 aromatic carbocycles. The van der Waals surface area contributed by atoms with Gasteiger partial charge >= 0.3 is 5.97 Å². The first-order valence-corrected chi connectivity index (χ1v) is 6.00. The van der Waals surface area contributed by atoms with Gasteiger partial charge in [0.1, 0.15) is 0 Å². The first-order valence-electron chi connectivity index (χ1n) is 6.00. The van der Waals surface area contributed by atoms with Gasteiger partial charge in [0.25, 0.3) is 0 Å². The molecule has 0 aliphatic carbocycles. The molecule has 0 radical (unpaired) electrons. The average Bonchev–Trinajstić information content (AvgIpc) is 2.17. The van der Waals surface area contributed by atoms with Crippen molar-refractivity contribution >= 4 is 5.97 Å². The molecule has 1 aromatic rings. The van der Waals surface area contributed by atoms with E-state index in [0.29, 0.717) is 0 Å². The largest absolute Gasteiger partial charge is 0.481 e. The second-order valence-corrected chi connectivity index (χ2v) is 5.86. The lowest BCUT2D eigenvalue weighted by Crippen LogP contribution is -2.21. The molecular formula is C15H22O2. The molecule has 2 heteroatoms. The lowest BCUT2D eigenvalue weighted by atomic mass is 9.74. The minimum absolute atomic E-state index is 0.0416. The molecule has 17 heavy (non-hydrogen) atoms. The van der Waals surface area contributed by atoms with E-state index in [4.69, 9.17) is 5.11 Å². The molecule has 94 valence electrons. The van der Waals surface area contributed by atoms with Crippen LogP contribution >= 0.6 is 0 Å². The van der Waals surface area contributed by atoms with Gasteiger partial charge in [-0.1, -0.05) is 39.0 Å². The van der Waals surface area contributed by atoms with Crippen molar-refractivity contribution < 1.29 is 9.90 Å². The molecule has 0 aliphatic rings. The number of hydrogen-bond donors (Lipinski definition) is 1. The topological polar surface area (TPSA) is 37.3 Å². The minimum atomic E-state index is -0.733. The maximum absolute atomic E-state index is 11.0. The summed E-state index contributed by atoms with van der Waals surface area (Å²) in [6.45, 7) is 10.4. The van der Waals surface area contributed by atoms with E-state index < -0.39 is 5.97 Å². The molecule has 0 saturated heterocycles. The number of rotatable bonds is 3. The Morgan fingerprint density at radius 3 is 2.24 bits per heavy atom. The Morgan fingerprint density at radius 1 is 1.24 bits per heavy atom. The van der Waals surface area contributed by atoms with Crippen LogP contribution in [0.2, 0.25) is 0 Å². The van der Waals surface area contributed by atoms with Gasteiger partial charge in [0.15, 0.2) is 0 Å². The van der Waals surface area contributed by atoms with Gasteiger partial charge in [-0.3, -0.25) is 4.79 Å². The van der Waals surface area contributed by atoms with E-state index in [0.717, 1.165) is 5.56 Å². The molecule has 0 spiro atoms. The lowest BCUT2D eigenvalue weighted by Gasteiger charge is -2.30. The van der Waals surface area contributed by atoms with Crippen LogP contribution in [0.3, 0.4) is 0 Å². The van der Waals surface area contributed by atoms with E-state index in [1.165, 1.54) is 11.1 Å². The highest BCUT2D eigenvalue weighted by atomic mass is 16.4. The van der Waals surface area contributed by atoms with Crippen molar-refractivity contribution in [2.75, 3.05) is 0 Å². The van der Waals surface area contributed by atoms with Crippen LogP contribution in [0.15, 0.2) is 18.2 Å². The molecular weight excluding hydrogens is 212 g/mol. The summed E-state index contributed by atoms with van der Waals surface area (Å²) in [6.07, 6.45) is 0.187. The number of carbonyl (C=O) groups is 1. The lowest BCUT2D eigenvalue weighted by molar-refractivity contribution is -0.138. The second kappa shape index (κ2) is 4.91. The van der Waals surface area contributed by atoms with Crippen molar-refractivity contribution in [3.63, 3.8) is 0 Å². The number of carboxylic acids is 1. The van der Waals surface area contributed by atoms with E-state index >= 15 is 0 Å². The van der Waals surface area contributed by atoms with Gasteiger partial charge in [-0.25, -0.2) is 0 Å². The Morgan fingerprint density at radius 2 is 1.82 bits per heavy atom. The highest BCUT2D eigenvalue weighted by Gasteiger charge is 2.28. The minimum Gasteiger partial charge on any atom is -0.481 e. The van der Waals surface area contributed by atoms with E-state index in [2.05, 4.69) is 52.8 Å². The Labute approximate surface area is 104 Å². The standard InChI is InChI=1S/C15H22O2/c1-10-6-7-12(8-11(10)2)13(9-14(16)17)15(3,4)5/h6-8,13H,9H2,1-5H3,(H,16,17). The van der Waals surface area contributed by atoms with Gasteiger partial charge in [0.2, 0.25) is 0 Å². The third-order valence-corrected chi connectivity index (χ3v) is 3.36. The fraction of sp³-hybridized carbons (Fsp3) is 0.533. The molecule has 0 saturated carbocycles. The number of benzene rings is 1. The molecule has 0 bridgehead atoms. The fourth-order valence-corrected chi connectivity index (χ4v) is 2.08. The van der Waals surface area contributed by atoms with Crippen LogP contribution in [-0.2, 0) is 4.79 Å². The summed E-state index contributed by atoms with van der Waals surface area (Å²) >= 11 is 0. The third kappa shape index (κ3) is 3.58. The van der Waals surface area contributed by atoms with E-state index in [-0.39, 0.29) is 17.8 Å². The monoisotopic (exact) mass is 234 g/mol. The summed E-state index contributed by atoms with van der Waals surface area (Å²) in [5.74, 6) is -0.678. The van der Waals surface area contributed by atoms with E-state index in [1.807, 2.05) is 0 Å². The van der Waals surface area contributed by atoms with Crippen LogP contribution in [0, 0.1) is 19.3 Å². The zero-order valence-electron chi connectivity index (χ0n) is 11.4. The normalized spacial score (nSPS) is 13.5. The summed E-state index contributed by atoms with van der Waals surface area (Å²) < 4.78 is 0. The van der Waals surface area contributed by atoms with Crippen LogP contribution in [0.1, 0.15) is 49.8 Å². The fourth-order valence-electron chi connectivity index (χ4n) is 2.08. The second-order valence-electron chi connectivity index (χ2n) is 5.86. The predicted molar refractivity (Wildman–Crippen MR) is 70.4 cm³/mol. The van der Waals surface area contributed by atoms with Crippen molar-refractivity contribution in [3.05, 3.63) is 34.9 Å². The van der Waals surface area contributed by atoms with E-state index in [9.17, 15) is 4.79 Å². The smallest absolute Gasteiger partial charge is 0.303 e.